The third kappa shape index (κ3) is 4.41. The van der Waals surface area contributed by atoms with E-state index >= 15 is 0 Å². The van der Waals surface area contributed by atoms with E-state index in [9.17, 15) is 13.9 Å². The fourth-order valence-corrected chi connectivity index (χ4v) is 4.53. The molecule has 3 heterocycles. The van der Waals surface area contributed by atoms with E-state index in [4.69, 9.17) is 4.98 Å². The molecule has 2 N–H and O–H groups in total. The molecule has 152 valence electrons. The second-order valence-corrected chi connectivity index (χ2v) is 8.64. The molecule has 0 spiro atoms. The van der Waals surface area contributed by atoms with Crippen molar-refractivity contribution in [1.82, 2.24) is 15.0 Å². The Bertz CT molecular complexity index is 820. The summed E-state index contributed by atoms with van der Waals surface area (Å²) in [7, 11) is 0. The molecule has 1 unspecified atom stereocenters. The lowest BCUT2D eigenvalue weighted by atomic mass is 9.92. The van der Waals surface area contributed by atoms with Gasteiger partial charge in [-0.2, -0.15) is 0 Å². The zero-order valence-corrected chi connectivity index (χ0v) is 16.7. The standard InChI is InChI=1S/C19H25F2N5OS/c1-12-11-28-18(22-12)17-24-15(23-14-2-5-19(20,21)6-3-14)8-16(25-17)26-7-4-13(9-26)10-27/h8,11,13-14,27H,2-7,9-10H2,1H3,(H,23,24,25). The molecule has 1 aliphatic heterocycles. The number of aliphatic hydroxyl groups excluding tert-OH is 1. The average Bonchev–Trinajstić information content (AvgIpc) is 3.32. The SMILES string of the molecule is Cc1csc(-c2nc(NC3CCC(F)(F)CC3)cc(N3CCC(CO)C3)n2)n1. The van der Waals surface area contributed by atoms with Crippen LogP contribution in [0, 0.1) is 12.8 Å². The van der Waals surface area contributed by atoms with Gasteiger partial charge in [0.05, 0.1) is 0 Å². The lowest BCUT2D eigenvalue weighted by molar-refractivity contribution is -0.0361. The van der Waals surface area contributed by atoms with Crippen molar-refractivity contribution in [1.29, 1.82) is 0 Å². The minimum absolute atomic E-state index is 0.0166. The number of aryl methyl sites for hydroxylation is 1. The van der Waals surface area contributed by atoms with Gasteiger partial charge in [-0.1, -0.05) is 0 Å². The van der Waals surface area contributed by atoms with Gasteiger partial charge < -0.3 is 15.3 Å². The number of anilines is 2. The molecule has 2 aromatic heterocycles. The summed E-state index contributed by atoms with van der Waals surface area (Å²) in [5.41, 5.74) is 0.916. The largest absolute Gasteiger partial charge is 0.396 e. The first-order chi connectivity index (χ1) is 13.4. The molecule has 1 saturated carbocycles. The highest BCUT2D eigenvalue weighted by atomic mass is 32.1. The minimum atomic E-state index is -2.55. The molecule has 4 rings (SSSR count). The molecular weight excluding hydrogens is 384 g/mol. The quantitative estimate of drug-likeness (QED) is 0.784. The molecule has 2 fully saturated rings. The summed E-state index contributed by atoms with van der Waals surface area (Å²) in [6, 6.07) is 1.87. The van der Waals surface area contributed by atoms with Crippen molar-refractivity contribution >= 4 is 23.0 Å². The lowest BCUT2D eigenvalue weighted by Gasteiger charge is -2.29. The Morgan fingerprint density at radius 1 is 1.25 bits per heavy atom. The second kappa shape index (κ2) is 7.87. The first kappa shape index (κ1) is 19.4. The zero-order valence-electron chi connectivity index (χ0n) is 15.9. The van der Waals surface area contributed by atoms with Crippen LogP contribution >= 0.6 is 11.3 Å². The van der Waals surface area contributed by atoms with Gasteiger partial charge in [0.1, 0.15) is 11.6 Å². The average molecular weight is 410 g/mol. The third-order valence-electron chi connectivity index (χ3n) is 5.46. The van der Waals surface area contributed by atoms with E-state index in [1.54, 1.807) is 0 Å². The summed E-state index contributed by atoms with van der Waals surface area (Å²) in [5.74, 6) is -0.315. The van der Waals surface area contributed by atoms with E-state index in [1.165, 1.54) is 11.3 Å². The molecule has 1 saturated heterocycles. The van der Waals surface area contributed by atoms with Crippen molar-refractivity contribution in [2.45, 2.75) is 51.0 Å². The van der Waals surface area contributed by atoms with Gasteiger partial charge in [0.15, 0.2) is 10.8 Å². The van der Waals surface area contributed by atoms with Gasteiger partial charge in [-0.25, -0.2) is 23.7 Å². The predicted molar refractivity (Wildman–Crippen MR) is 106 cm³/mol. The van der Waals surface area contributed by atoms with Gasteiger partial charge in [0, 0.05) is 61.6 Å². The van der Waals surface area contributed by atoms with Gasteiger partial charge in [0.2, 0.25) is 5.92 Å². The highest BCUT2D eigenvalue weighted by molar-refractivity contribution is 7.13. The van der Waals surface area contributed by atoms with Crippen molar-refractivity contribution in [3.8, 4) is 10.8 Å². The fourth-order valence-electron chi connectivity index (χ4n) is 3.81. The molecular formula is C19H25F2N5OS. The maximum atomic E-state index is 13.5. The summed E-state index contributed by atoms with van der Waals surface area (Å²) >= 11 is 1.49. The van der Waals surface area contributed by atoms with E-state index in [0.29, 0.717) is 24.5 Å². The van der Waals surface area contributed by atoms with Crippen LogP contribution in [0.4, 0.5) is 20.4 Å². The van der Waals surface area contributed by atoms with Crippen molar-refractivity contribution in [3.05, 3.63) is 17.1 Å². The number of nitrogens with one attached hydrogen (secondary N) is 1. The topological polar surface area (TPSA) is 74.2 Å². The second-order valence-electron chi connectivity index (χ2n) is 7.79. The Hall–Kier alpha value is -1.87. The molecule has 0 aromatic carbocycles. The summed E-state index contributed by atoms with van der Waals surface area (Å²) < 4.78 is 26.9. The van der Waals surface area contributed by atoms with Gasteiger partial charge in [-0.15, -0.1) is 11.3 Å². The third-order valence-corrected chi connectivity index (χ3v) is 6.42. The smallest absolute Gasteiger partial charge is 0.248 e. The summed E-state index contributed by atoms with van der Waals surface area (Å²) in [4.78, 5) is 16.0. The number of hydrogen-bond acceptors (Lipinski definition) is 7. The summed E-state index contributed by atoms with van der Waals surface area (Å²) in [6.07, 6.45) is 1.59. The molecule has 2 aliphatic rings. The number of thiazole rings is 1. The first-order valence-electron chi connectivity index (χ1n) is 9.73. The van der Waals surface area contributed by atoms with Crippen LogP contribution in [-0.4, -0.2) is 51.7 Å². The Kier molecular flexibility index (Phi) is 5.46. The minimum Gasteiger partial charge on any atom is -0.396 e. The number of halogens is 2. The molecule has 0 amide bonds. The van der Waals surface area contributed by atoms with Crippen LogP contribution in [0.1, 0.15) is 37.8 Å². The molecule has 1 atom stereocenters. The van der Waals surface area contributed by atoms with Crippen LogP contribution in [0.15, 0.2) is 11.4 Å². The van der Waals surface area contributed by atoms with Gasteiger partial charge in [-0.05, 0) is 26.2 Å². The Labute approximate surface area is 167 Å². The molecule has 28 heavy (non-hydrogen) atoms. The van der Waals surface area contributed by atoms with Crippen molar-refractivity contribution < 1.29 is 13.9 Å². The number of aromatic nitrogens is 3. The molecule has 0 bridgehead atoms. The maximum Gasteiger partial charge on any atom is 0.248 e. The maximum absolute atomic E-state index is 13.5. The van der Waals surface area contributed by atoms with E-state index in [-0.39, 0.29) is 31.4 Å². The molecule has 9 heteroatoms. The van der Waals surface area contributed by atoms with Crippen molar-refractivity contribution in [3.63, 3.8) is 0 Å². The van der Waals surface area contributed by atoms with Crippen LogP contribution in [0.5, 0.6) is 0 Å². The molecule has 1 aliphatic carbocycles. The Morgan fingerprint density at radius 3 is 2.68 bits per heavy atom. The van der Waals surface area contributed by atoms with E-state index in [2.05, 4.69) is 20.2 Å². The van der Waals surface area contributed by atoms with Crippen molar-refractivity contribution in [2.24, 2.45) is 5.92 Å². The Morgan fingerprint density at radius 2 is 2.04 bits per heavy atom. The number of hydrogen-bond donors (Lipinski definition) is 2. The van der Waals surface area contributed by atoms with Crippen molar-refractivity contribution in [2.75, 3.05) is 29.9 Å². The van der Waals surface area contributed by atoms with E-state index < -0.39 is 5.92 Å². The first-order valence-corrected chi connectivity index (χ1v) is 10.6. The van der Waals surface area contributed by atoms with Crippen LogP contribution in [0.2, 0.25) is 0 Å². The summed E-state index contributed by atoms with van der Waals surface area (Å²) in [6.45, 7) is 3.67. The van der Waals surface area contributed by atoms with E-state index in [0.717, 1.165) is 36.0 Å². The number of nitrogens with zero attached hydrogens (tertiary/aromatic N) is 4. The highest BCUT2D eigenvalue weighted by Crippen LogP contribution is 2.35. The lowest BCUT2D eigenvalue weighted by Crippen LogP contribution is -2.32. The van der Waals surface area contributed by atoms with Crippen LogP contribution in [0.25, 0.3) is 10.8 Å². The predicted octanol–water partition coefficient (Wildman–Crippen LogP) is 3.72. The fraction of sp³-hybridized carbons (Fsp3) is 0.632. The normalized spacial score (nSPS) is 22.6. The van der Waals surface area contributed by atoms with Crippen LogP contribution in [-0.2, 0) is 0 Å². The molecule has 6 nitrogen and oxygen atoms in total. The number of rotatable bonds is 5. The monoisotopic (exact) mass is 409 g/mol. The van der Waals surface area contributed by atoms with Crippen LogP contribution < -0.4 is 10.2 Å². The number of alkyl halides is 2. The number of aliphatic hydroxyl groups is 1. The van der Waals surface area contributed by atoms with Gasteiger partial charge >= 0.3 is 0 Å². The molecule has 2 aromatic rings. The highest BCUT2D eigenvalue weighted by Gasteiger charge is 2.35. The Balaban J connectivity index is 1.59. The zero-order chi connectivity index (χ0) is 19.7. The van der Waals surface area contributed by atoms with Crippen LogP contribution in [0.3, 0.4) is 0 Å². The molecule has 0 radical (unpaired) electrons. The summed E-state index contributed by atoms with van der Waals surface area (Å²) in [5, 5.41) is 15.5. The van der Waals surface area contributed by atoms with Gasteiger partial charge in [-0.3, -0.25) is 0 Å². The van der Waals surface area contributed by atoms with Gasteiger partial charge in [0.25, 0.3) is 0 Å². The van der Waals surface area contributed by atoms with E-state index in [1.807, 2.05) is 18.4 Å².